The van der Waals surface area contributed by atoms with Crippen LogP contribution in [-0.4, -0.2) is 25.9 Å². The van der Waals surface area contributed by atoms with Crippen molar-refractivity contribution in [2.24, 2.45) is 5.41 Å². The van der Waals surface area contributed by atoms with Gasteiger partial charge in [0, 0.05) is 13.7 Å². The zero-order valence-electron chi connectivity index (χ0n) is 12.1. The van der Waals surface area contributed by atoms with Crippen molar-refractivity contribution in [3.63, 3.8) is 0 Å². The number of hydrogen-bond acceptors (Lipinski definition) is 3. The van der Waals surface area contributed by atoms with Crippen LogP contribution in [0.1, 0.15) is 58.8 Å². The standard InChI is InChI=1S/C15H27NO2/c1-15(2,12-16)9-4-5-10-18-14-8-6-7-13(11-14)17-3/h13-14H,4-11H2,1-3H3. The molecule has 1 aliphatic carbocycles. The van der Waals surface area contributed by atoms with Crippen molar-refractivity contribution in [3.05, 3.63) is 0 Å². The van der Waals surface area contributed by atoms with Crippen molar-refractivity contribution in [2.75, 3.05) is 13.7 Å². The van der Waals surface area contributed by atoms with Crippen LogP contribution in [0.3, 0.4) is 0 Å². The predicted molar refractivity (Wildman–Crippen MR) is 72.3 cm³/mol. The SMILES string of the molecule is COC1CCCC(OCCCCC(C)(C)C#N)C1. The number of nitriles is 1. The van der Waals surface area contributed by atoms with E-state index in [0.717, 1.165) is 32.3 Å². The summed E-state index contributed by atoms with van der Waals surface area (Å²) in [7, 11) is 1.79. The van der Waals surface area contributed by atoms with Crippen LogP contribution < -0.4 is 0 Å². The van der Waals surface area contributed by atoms with Crippen LogP contribution in [-0.2, 0) is 9.47 Å². The summed E-state index contributed by atoms with van der Waals surface area (Å²) >= 11 is 0. The molecule has 0 saturated heterocycles. The number of nitrogens with zero attached hydrogens (tertiary/aromatic N) is 1. The van der Waals surface area contributed by atoms with Gasteiger partial charge in [-0.15, -0.1) is 0 Å². The number of rotatable bonds is 7. The van der Waals surface area contributed by atoms with E-state index in [2.05, 4.69) is 6.07 Å². The molecule has 0 bridgehead atoms. The Morgan fingerprint density at radius 3 is 2.61 bits per heavy atom. The molecule has 0 N–H and O–H groups in total. The Bertz CT molecular complexity index is 270. The van der Waals surface area contributed by atoms with Crippen LogP contribution in [0.5, 0.6) is 0 Å². The lowest BCUT2D eigenvalue weighted by atomic mass is 9.89. The van der Waals surface area contributed by atoms with Crippen molar-refractivity contribution in [2.45, 2.75) is 71.0 Å². The van der Waals surface area contributed by atoms with Gasteiger partial charge < -0.3 is 9.47 Å². The smallest absolute Gasteiger partial charge is 0.0683 e. The van der Waals surface area contributed by atoms with Crippen molar-refractivity contribution >= 4 is 0 Å². The van der Waals surface area contributed by atoms with Gasteiger partial charge in [0.15, 0.2) is 0 Å². The molecular formula is C15H27NO2. The van der Waals surface area contributed by atoms with Gasteiger partial charge in [-0.25, -0.2) is 0 Å². The van der Waals surface area contributed by atoms with E-state index in [4.69, 9.17) is 14.7 Å². The summed E-state index contributed by atoms with van der Waals surface area (Å²) in [5.74, 6) is 0. The van der Waals surface area contributed by atoms with Crippen LogP contribution in [0.25, 0.3) is 0 Å². The molecule has 1 aliphatic rings. The molecule has 0 spiro atoms. The number of unbranched alkanes of at least 4 members (excludes halogenated alkanes) is 1. The van der Waals surface area contributed by atoms with Crippen LogP contribution in [0.4, 0.5) is 0 Å². The normalized spacial score (nSPS) is 24.8. The fourth-order valence-electron chi connectivity index (χ4n) is 2.44. The predicted octanol–water partition coefficient (Wildman–Crippen LogP) is 3.68. The minimum atomic E-state index is -0.189. The van der Waals surface area contributed by atoms with Gasteiger partial charge in [-0.05, 0) is 58.8 Å². The third kappa shape index (κ3) is 5.84. The molecule has 0 aromatic carbocycles. The Morgan fingerprint density at radius 1 is 1.22 bits per heavy atom. The first kappa shape index (κ1) is 15.5. The van der Waals surface area contributed by atoms with E-state index < -0.39 is 0 Å². The molecule has 2 unspecified atom stereocenters. The quantitative estimate of drug-likeness (QED) is 0.650. The first-order valence-corrected chi connectivity index (χ1v) is 7.13. The highest BCUT2D eigenvalue weighted by Gasteiger charge is 2.22. The van der Waals surface area contributed by atoms with Crippen LogP contribution in [0.2, 0.25) is 0 Å². The average molecular weight is 253 g/mol. The highest BCUT2D eigenvalue weighted by atomic mass is 16.5. The topological polar surface area (TPSA) is 42.2 Å². The summed E-state index contributed by atoms with van der Waals surface area (Å²) in [4.78, 5) is 0. The largest absolute Gasteiger partial charge is 0.381 e. The Labute approximate surface area is 111 Å². The van der Waals surface area contributed by atoms with Crippen molar-refractivity contribution in [3.8, 4) is 6.07 Å². The summed E-state index contributed by atoms with van der Waals surface area (Å²) in [5, 5.41) is 8.92. The zero-order chi connectivity index (χ0) is 13.4. The molecule has 1 saturated carbocycles. The Hall–Kier alpha value is -0.590. The lowest BCUT2D eigenvalue weighted by Crippen LogP contribution is -2.27. The van der Waals surface area contributed by atoms with Gasteiger partial charge in [0.2, 0.25) is 0 Å². The maximum absolute atomic E-state index is 8.92. The molecule has 0 heterocycles. The number of ether oxygens (including phenoxy) is 2. The van der Waals surface area contributed by atoms with Crippen LogP contribution >= 0.6 is 0 Å². The lowest BCUT2D eigenvalue weighted by Gasteiger charge is -2.28. The minimum absolute atomic E-state index is 0.189. The monoisotopic (exact) mass is 253 g/mol. The van der Waals surface area contributed by atoms with E-state index in [1.165, 1.54) is 19.3 Å². The van der Waals surface area contributed by atoms with E-state index in [1.807, 2.05) is 13.8 Å². The van der Waals surface area contributed by atoms with E-state index in [1.54, 1.807) is 7.11 Å². The maximum atomic E-state index is 8.92. The second kappa shape index (κ2) is 7.76. The highest BCUT2D eigenvalue weighted by molar-refractivity contribution is 4.91. The van der Waals surface area contributed by atoms with E-state index in [-0.39, 0.29) is 5.41 Å². The van der Waals surface area contributed by atoms with E-state index in [9.17, 15) is 0 Å². The molecule has 1 rings (SSSR count). The second-order valence-electron chi connectivity index (χ2n) is 5.97. The molecule has 3 heteroatoms. The molecule has 3 nitrogen and oxygen atoms in total. The first-order valence-electron chi connectivity index (χ1n) is 7.13. The van der Waals surface area contributed by atoms with E-state index in [0.29, 0.717) is 12.2 Å². The Kier molecular flexibility index (Phi) is 6.67. The molecule has 0 radical (unpaired) electrons. The molecule has 0 aliphatic heterocycles. The Morgan fingerprint density at radius 2 is 1.94 bits per heavy atom. The van der Waals surface area contributed by atoms with Gasteiger partial charge in [0.25, 0.3) is 0 Å². The van der Waals surface area contributed by atoms with Gasteiger partial charge in [0.05, 0.1) is 23.7 Å². The molecular weight excluding hydrogens is 226 g/mol. The fraction of sp³-hybridized carbons (Fsp3) is 0.933. The second-order valence-corrected chi connectivity index (χ2v) is 5.97. The summed E-state index contributed by atoms with van der Waals surface area (Å²) < 4.78 is 11.3. The number of hydrogen-bond donors (Lipinski definition) is 0. The van der Waals surface area contributed by atoms with Gasteiger partial charge in [-0.1, -0.05) is 0 Å². The van der Waals surface area contributed by atoms with Gasteiger partial charge in [-0.2, -0.15) is 5.26 Å². The highest BCUT2D eigenvalue weighted by Crippen LogP contribution is 2.24. The van der Waals surface area contributed by atoms with Gasteiger partial charge in [-0.3, -0.25) is 0 Å². The molecule has 0 amide bonds. The fourth-order valence-corrected chi connectivity index (χ4v) is 2.44. The zero-order valence-corrected chi connectivity index (χ0v) is 12.1. The van der Waals surface area contributed by atoms with Gasteiger partial charge >= 0.3 is 0 Å². The summed E-state index contributed by atoms with van der Waals surface area (Å²) in [5.41, 5.74) is -0.189. The lowest BCUT2D eigenvalue weighted by molar-refractivity contribution is -0.0305. The first-order chi connectivity index (χ1) is 8.57. The molecule has 0 aromatic rings. The summed E-state index contributed by atoms with van der Waals surface area (Å²) in [6.07, 6.45) is 8.45. The average Bonchev–Trinajstić information content (AvgIpc) is 2.38. The molecule has 104 valence electrons. The molecule has 1 fully saturated rings. The maximum Gasteiger partial charge on any atom is 0.0683 e. The van der Waals surface area contributed by atoms with Gasteiger partial charge in [0.1, 0.15) is 0 Å². The third-order valence-electron chi connectivity index (χ3n) is 3.76. The van der Waals surface area contributed by atoms with E-state index >= 15 is 0 Å². The van der Waals surface area contributed by atoms with Crippen molar-refractivity contribution in [1.29, 1.82) is 5.26 Å². The number of methoxy groups -OCH3 is 1. The molecule has 0 aromatic heterocycles. The summed E-state index contributed by atoms with van der Waals surface area (Å²) in [6, 6.07) is 2.34. The van der Waals surface area contributed by atoms with Crippen LogP contribution in [0, 0.1) is 16.7 Å². The molecule has 18 heavy (non-hydrogen) atoms. The van der Waals surface area contributed by atoms with Crippen molar-refractivity contribution in [1.82, 2.24) is 0 Å². The minimum Gasteiger partial charge on any atom is -0.381 e. The third-order valence-corrected chi connectivity index (χ3v) is 3.76. The van der Waals surface area contributed by atoms with Crippen molar-refractivity contribution < 1.29 is 9.47 Å². The summed E-state index contributed by atoms with van der Waals surface area (Å²) in [6.45, 7) is 4.82. The Balaban J connectivity index is 2.06. The van der Waals surface area contributed by atoms with Crippen LogP contribution in [0.15, 0.2) is 0 Å². The molecule has 2 atom stereocenters.